The first-order valence-corrected chi connectivity index (χ1v) is 4.19. The molecule has 2 heterocycles. The molecule has 0 bridgehead atoms. The van der Waals surface area contributed by atoms with Gasteiger partial charge >= 0.3 is 29.6 Å². The van der Waals surface area contributed by atoms with Crippen molar-refractivity contribution in [2.24, 2.45) is 0 Å². The Balaban J connectivity index is 0.000000980. The average molecular weight is 264 g/mol. The van der Waals surface area contributed by atoms with E-state index in [0.717, 1.165) is 4.47 Å². The van der Waals surface area contributed by atoms with Crippen LogP contribution in [0.4, 0.5) is 0 Å². The molecule has 0 radical (unpaired) electrons. The van der Waals surface area contributed by atoms with Gasteiger partial charge in [-0.05, 0) is 28.1 Å². The van der Waals surface area contributed by atoms with Crippen molar-refractivity contribution in [2.75, 3.05) is 0 Å². The molecule has 0 aliphatic heterocycles. The van der Waals surface area contributed by atoms with Crippen LogP contribution < -0.4 is 34.7 Å². The number of aromatic nitrogens is 3. The van der Waals surface area contributed by atoms with Crippen LogP contribution in [0.25, 0.3) is 5.65 Å². The third-order valence-corrected chi connectivity index (χ3v) is 2.02. The minimum absolute atomic E-state index is 0. The number of carboxylic acid groups (broad SMARTS) is 1. The molecule has 66 valence electrons. The Morgan fingerprint density at radius 2 is 2.14 bits per heavy atom. The van der Waals surface area contributed by atoms with Gasteiger partial charge in [0.2, 0.25) is 0 Å². The van der Waals surface area contributed by atoms with Gasteiger partial charge in [-0.3, -0.25) is 4.40 Å². The summed E-state index contributed by atoms with van der Waals surface area (Å²) in [6, 6.07) is 3.41. The molecule has 0 fully saturated rings. The van der Waals surface area contributed by atoms with Gasteiger partial charge in [0.25, 0.3) is 0 Å². The Hall–Kier alpha value is -0.430. The number of hydrogen-bond acceptors (Lipinski definition) is 4. The summed E-state index contributed by atoms with van der Waals surface area (Å²) in [7, 11) is 0. The molecule has 14 heavy (non-hydrogen) atoms. The van der Waals surface area contributed by atoms with Gasteiger partial charge < -0.3 is 9.90 Å². The third kappa shape index (κ3) is 1.98. The molecule has 0 amide bonds. The summed E-state index contributed by atoms with van der Waals surface area (Å²) in [6.07, 6.45) is 1.57. The molecular formula is C7H3BrN3NaO2. The predicted molar refractivity (Wildman–Crippen MR) is 45.0 cm³/mol. The van der Waals surface area contributed by atoms with Crippen LogP contribution in [0.5, 0.6) is 0 Å². The summed E-state index contributed by atoms with van der Waals surface area (Å²) in [6.45, 7) is 0. The summed E-state index contributed by atoms with van der Waals surface area (Å²) < 4.78 is 2.10. The molecule has 2 aromatic rings. The van der Waals surface area contributed by atoms with E-state index < -0.39 is 5.97 Å². The van der Waals surface area contributed by atoms with Crippen LogP contribution in [-0.4, -0.2) is 20.6 Å². The first-order chi connectivity index (χ1) is 6.18. The fraction of sp³-hybridized carbons (Fsp3) is 0. The van der Waals surface area contributed by atoms with Crippen molar-refractivity contribution in [1.29, 1.82) is 0 Å². The van der Waals surface area contributed by atoms with E-state index in [1.54, 1.807) is 18.3 Å². The van der Waals surface area contributed by atoms with Crippen molar-refractivity contribution >= 4 is 27.5 Å². The molecule has 2 rings (SSSR count). The predicted octanol–water partition coefficient (Wildman–Crippen LogP) is -3.14. The minimum atomic E-state index is -1.34. The van der Waals surface area contributed by atoms with E-state index in [-0.39, 0.29) is 35.4 Å². The topological polar surface area (TPSA) is 70.3 Å². The molecule has 0 aromatic carbocycles. The van der Waals surface area contributed by atoms with Gasteiger partial charge in [-0.2, -0.15) is 0 Å². The molecule has 0 atom stereocenters. The molecule has 0 aliphatic carbocycles. The summed E-state index contributed by atoms with van der Waals surface area (Å²) in [5.41, 5.74) is 0.474. The number of carbonyl (C=O) groups excluding carboxylic acids is 1. The number of carboxylic acids is 1. The molecule has 0 saturated carbocycles. The van der Waals surface area contributed by atoms with Crippen molar-refractivity contribution in [1.82, 2.24) is 14.6 Å². The zero-order valence-electron chi connectivity index (χ0n) is 7.27. The normalized spacial score (nSPS) is 9.79. The molecule has 0 N–H and O–H groups in total. The molecular weight excluding hydrogens is 261 g/mol. The Morgan fingerprint density at radius 1 is 1.43 bits per heavy atom. The van der Waals surface area contributed by atoms with Gasteiger partial charge in [-0.15, -0.1) is 10.2 Å². The Labute approximate surface area is 110 Å². The van der Waals surface area contributed by atoms with Crippen LogP contribution in [0, 0.1) is 0 Å². The van der Waals surface area contributed by atoms with Crippen LogP contribution in [0.2, 0.25) is 0 Å². The summed E-state index contributed by atoms with van der Waals surface area (Å²) >= 11 is 3.21. The van der Waals surface area contributed by atoms with Gasteiger partial charge in [-0.25, -0.2) is 0 Å². The van der Waals surface area contributed by atoms with E-state index in [4.69, 9.17) is 0 Å². The zero-order valence-corrected chi connectivity index (χ0v) is 10.9. The number of aromatic carboxylic acids is 1. The molecule has 0 unspecified atom stereocenters. The van der Waals surface area contributed by atoms with Crippen molar-refractivity contribution in [3.8, 4) is 0 Å². The fourth-order valence-electron chi connectivity index (χ4n) is 1.00. The first kappa shape index (κ1) is 11.6. The molecule has 0 aliphatic rings. The Bertz CT molecular complexity index is 485. The maximum absolute atomic E-state index is 10.5. The second-order valence-corrected chi connectivity index (χ2v) is 3.30. The van der Waals surface area contributed by atoms with Crippen LogP contribution in [0.15, 0.2) is 22.8 Å². The quantitative estimate of drug-likeness (QED) is 0.510. The SMILES string of the molecule is O=C([O-])c1nnc2ccc(Br)cn12.[Na+]. The number of rotatable bonds is 1. The van der Waals surface area contributed by atoms with E-state index in [0.29, 0.717) is 5.65 Å². The number of hydrogen-bond donors (Lipinski definition) is 0. The number of halogens is 1. The maximum Gasteiger partial charge on any atom is 1.00 e. The van der Waals surface area contributed by atoms with E-state index in [2.05, 4.69) is 26.1 Å². The van der Waals surface area contributed by atoms with Crippen molar-refractivity contribution in [3.63, 3.8) is 0 Å². The van der Waals surface area contributed by atoms with E-state index in [9.17, 15) is 9.90 Å². The maximum atomic E-state index is 10.5. The zero-order chi connectivity index (χ0) is 9.42. The number of fused-ring (bicyclic) bond motifs is 1. The molecule has 5 nitrogen and oxygen atoms in total. The largest absolute Gasteiger partial charge is 1.00 e. The van der Waals surface area contributed by atoms with Crippen LogP contribution >= 0.6 is 15.9 Å². The number of carbonyl (C=O) groups is 1. The molecule has 2 aromatic heterocycles. The van der Waals surface area contributed by atoms with Crippen LogP contribution in [0.3, 0.4) is 0 Å². The Morgan fingerprint density at radius 3 is 2.79 bits per heavy atom. The van der Waals surface area contributed by atoms with Crippen molar-refractivity contribution in [2.45, 2.75) is 0 Å². The molecule has 7 heteroatoms. The monoisotopic (exact) mass is 263 g/mol. The van der Waals surface area contributed by atoms with E-state index in [1.165, 1.54) is 4.40 Å². The smallest absolute Gasteiger partial charge is 0.541 e. The second kappa shape index (κ2) is 4.39. The van der Waals surface area contributed by atoms with Gasteiger partial charge in [0.05, 0.1) is 0 Å². The van der Waals surface area contributed by atoms with Gasteiger partial charge in [0, 0.05) is 10.7 Å². The molecule has 0 saturated heterocycles. The summed E-state index contributed by atoms with van der Waals surface area (Å²) in [5.74, 6) is -1.54. The standard InChI is InChI=1S/C7H4BrN3O2.Na/c8-4-1-2-5-9-10-6(7(12)13)11(5)3-4;/h1-3H,(H,12,13);/q;+1/p-1. The summed E-state index contributed by atoms with van der Waals surface area (Å²) in [5, 5.41) is 17.7. The van der Waals surface area contributed by atoms with E-state index >= 15 is 0 Å². The van der Waals surface area contributed by atoms with E-state index in [1.807, 2.05) is 0 Å². The van der Waals surface area contributed by atoms with Crippen molar-refractivity contribution in [3.05, 3.63) is 28.6 Å². The first-order valence-electron chi connectivity index (χ1n) is 3.40. The average Bonchev–Trinajstić information content (AvgIpc) is 2.46. The Kier molecular flexibility index (Phi) is 3.65. The van der Waals surface area contributed by atoms with Crippen LogP contribution in [0.1, 0.15) is 10.6 Å². The third-order valence-electron chi connectivity index (χ3n) is 1.55. The number of nitrogens with zero attached hydrogens (tertiary/aromatic N) is 3. The van der Waals surface area contributed by atoms with Crippen LogP contribution in [-0.2, 0) is 0 Å². The van der Waals surface area contributed by atoms with Crippen molar-refractivity contribution < 1.29 is 39.5 Å². The van der Waals surface area contributed by atoms with Gasteiger partial charge in [-0.1, -0.05) is 0 Å². The van der Waals surface area contributed by atoms with Gasteiger partial charge in [0.1, 0.15) is 5.97 Å². The van der Waals surface area contributed by atoms with Gasteiger partial charge in [0.15, 0.2) is 11.5 Å². The fourth-order valence-corrected chi connectivity index (χ4v) is 1.34. The minimum Gasteiger partial charge on any atom is -0.541 e. The molecule has 0 spiro atoms. The second-order valence-electron chi connectivity index (χ2n) is 2.39. The number of pyridine rings is 1. The summed E-state index contributed by atoms with van der Waals surface area (Å²) in [4.78, 5) is 10.5.